The molecule has 0 amide bonds. The molecule has 0 unspecified atom stereocenters. The van der Waals surface area contributed by atoms with Gasteiger partial charge in [0, 0.05) is 0 Å². The van der Waals surface area contributed by atoms with Crippen LogP contribution in [0, 0.1) is 17.8 Å². The summed E-state index contributed by atoms with van der Waals surface area (Å²) in [7, 11) is -3.07. The summed E-state index contributed by atoms with van der Waals surface area (Å²) in [5.41, 5.74) is 0. The van der Waals surface area contributed by atoms with Gasteiger partial charge in [-0.25, -0.2) is 0 Å². The van der Waals surface area contributed by atoms with Gasteiger partial charge in [-0.3, -0.25) is 0 Å². The number of hydrogen-bond donors (Lipinski definition) is 0. The van der Waals surface area contributed by atoms with Crippen molar-refractivity contribution in [2.24, 2.45) is 17.8 Å². The van der Waals surface area contributed by atoms with Crippen LogP contribution in [0.2, 0.25) is 0 Å². The van der Waals surface area contributed by atoms with Gasteiger partial charge in [-0.15, -0.1) is 0 Å². The van der Waals surface area contributed by atoms with E-state index in [4.69, 9.17) is 13.0 Å². The predicted octanol–water partition coefficient (Wildman–Crippen LogP) is 5.50. The van der Waals surface area contributed by atoms with Crippen LogP contribution in [0.3, 0.4) is 0 Å². The second-order valence-electron chi connectivity index (χ2n) is 10.5. The molecule has 6 heteroatoms. The quantitative estimate of drug-likeness (QED) is 0.199. The summed E-state index contributed by atoms with van der Waals surface area (Å²) in [4.78, 5) is 0. The SMILES string of the molecule is CC(C)C[O][Ti]([O]CC(C)C)([O]CC(C)C)[O][Si](c1ccccc1)(c1ccccc1)c1ccccc1. The van der Waals surface area contributed by atoms with E-state index in [0.29, 0.717) is 37.6 Å². The molecular weight excluding hydrogens is 500 g/mol. The van der Waals surface area contributed by atoms with Crippen molar-refractivity contribution in [1.82, 2.24) is 0 Å². The van der Waals surface area contributed by atoms with Crippen molar-refractivity contribution in [3.05, 3.63) is 91.0 Å². The summed E-state index contributed by atoms with van der Waals surface area (Å²) >= 11 is -4.29. The Hall–Kier alpha value is -1.57. The Balaban J connectivity index is 2.27. The van der Waals surface area contributed by atoms with Crippen LogP contribution in [0.1, 0.15) is 41.5 Å². The maximum atomic E-state index is 7.50. The van der Waals surface area contributed by atoms with Crippen LogP contribution in [0.15, 0.2) is 91.0 Å². The average Bonchev–Trinajstić information content (AvgIpc) is 2.89. The van der Waals surface area contributed by atoms with Gasteiger partial charge in [0.15, 0.2) is 0 Å². The van der Waals surface area contributed by atoms with Crippen molar-refractivity contribution >= 4 is 23.9 Å². The van der Waals surface area contributed by atoms with E-state index in [0.717, 1.165) is 15.6 Å². The van der Waals surface area contributed by atoms with Crippen molar-refractivity contribution < 1.29 is 31.1 Å². The summed E-state index contributed by atoms with van der Waals surface area (Å²) < 4.78 is 27.5. The molecule has 4 nitrogen and oxygen atoms in total. The first-order chi connectivity index (χ1) is 17.3. The Morgan fingerprint density at radius 1 is 0.500 bits per heavy atom. The zero-order chi connectivity index (χ0) is 26.0. The standard InChI is InChI=1S/C18H15OSi.3C4H9O.Ti/c19-20(16-10-4-1-5-11-16,17-12-6-2-7-13-17)18-14-8-3-9-15-18;3*1-4(2)3-5;/h1-15H;3*4H,3H2,1-2H3;/q4*-1;+4. The molecule has 0 aliphatic heterocycles. The molecule has 0 aromatic heterocycles. The third kappa shape index (κ3) is 7.72. The van der Waals surface area contributed by atoms with Crippen LogP contribution in [-0.4, -0.2) is 28.1 Å². The van der Waals surface area contributed by atoms with Gasteiger partial charge in [-0.1, -0.05) is 0 Å². The zero-order valence-corrected chi connectivity index (χ0v) is 25.2. The van der Waals surface area contributed by atoms with Crippen LogP contribution < -0.4 is 15.6 Å². The molecule has 0 fully saturated rings. The average molecular weight is 543 g/mol. The first kappa shape index (κ1) is 29.0. The predicted molar refractivity (Wildman–Crippen MR) is 147 cm³/mol. The van der Waals surface area contributed by atoms with Crippen molar-refractivity contribution in [3.63, 3.8) is 0 Å². The van der Waals surface area contributed by atoms with Crippen LogP contribution in [-0.2, 0) is 31.1 Å². The van der Waals surface area contributed by atoms with E-state index in [2.05, 4.69) is 114 Å². The zero-order valence-electron chi connectivity index (χ0n) is 22.6. The van der Waals surface area contributed by atoms with E-state index in [1.165, 1.54) is 0 Å². The Morgan fingerprint density at radius 2 is 0.778 bits per heavy atom. The van der Waals surface area contributed by atoms with E-state index in [-0.39, 0.29) is 0 Å². The summed E-state index contributed by atoms with van der Waals surface area (Å²) in [6.45, 7) is 14.5. The van der Waals surface area contributed by atoms with Crippen LogP contribution in [0.5, 0.6) is 0 Å². The maximum absolute atomic E-state index is 7.50. The van der Waals surface area contributed by atoms with E-state index < -0.39 is 26.5 Å². The first-order valence-electron chi connectivity index (χ1n) is 13.1. The van der Waals surface area contributed by atoms with E-state index in [1.54, 1.807) is 0 Å². The van der Waals surface area contributed by atoms with Crippen LogP contribution >= 0.6 is 0 Å². The van der Waals surface area contributed by atoms with Crippen LogP contribution in [0.4, 0.5) is 0 Å². The van der Waals surface area contributed by atoms with Gasteiger partial charge in [0.1, 0.15) is 0 Å². The molecule has 0 heterocycles. The minimum absolute atomic E-state index is 0.324. The number of hydrogen-bond acceptors (Lipinski definition) is 4. The Kier molecular flexibility index (Phi) is 11.1. The molecular formula is C30H42O4SiTi. The fourth-order valence-electron chi connectivity index (χ4n) is 3.90. The second kappa shape index (κ2) is 13.8. The molecule has 0 atom stereocenters. The normalized spacial score (nSPS) is 12.6. The van der Waals surface area contributed by atoms with Gasteiger partial charge in [-0.2, -0.15) is 0 Å². The van der Waals surface area contributed by atoms with Crippen LogP contribution in [0.25, 0.3) is 0 Å². The second-order valence-corrected chi connectivity index (χ2v) is 17.7. The molecule has 3 aromatic carbocycles. The van der Waals surface area contributed by atoms with Gasteiger partial charge < -0.3 is 0 Å². The van der Waals surface area contributed by atoms with E-state index in [9.17, 15) is 0 Å². The fourth-order valence-corrected chi connectivity index (χ4v) is 14.9. The van der Waals surface area contributed by atoms with E-state index >= 15 is 0 Å². The topological polar surface area (TPSA) is 36.9 Å². The van der Waals surface area contributed by atoms with Gasteiger partial charge in [0.25, 0.3) is 0 Å². The van der Waals surface area contributed by atoms with Crippen molar-refractivity contribution in [1.29, 1.82) is 0 Å². The van der Waals surface area contributed by atoms with Gasteiger partial charge in [-0.05, 0) is 0 Å². The Labute approximate surface area is 224 Å². The molecule has 0 saturated carbocycles. The Bertz CT molecular complexity index is 885. The third-order valence-electron chi connectivity index (χ3n) is 5.60. The molecule has 3 rings (SSSR count). The van der Waals surface area contributed by atoms with Gasteiger partial charge in [0.05, 0.1) is 0 Å². The summed E-state index contributed by atoms with van der Waals surface area (Å²) in [5.74, 6) is 0.973. The monoisotopic (exact) mass is 542 g/mol. The van der Waals surface area contributed by atoms with Gasteiger partial charge >= 0.3 is 225 Å². The summed E-state index contributed by atoms with van der Waals surface area (Å²) in [6.07, 6.45) is 0. The Morgan fingerprint density at radius 3 is 1.03 bits per heavy atom. The molecule has 36 heavy (non-hydrogen) atoms. The molecule has 0 spiro atoms. The molecule has 194 valence electrons. The van der Waals surface area contributed by atoms with Gasteiger partial charge in [0.2, 0.25) is 0 Å². The van der Waals surface area contributed by atoms with Crippen molar-refractivity contribution in [2.75, 3.05) is 19.8 Å². The third-order valence-corrected chi connectivity index (χ3v) is 14.6. The minimum atomic E-state index is -4.29. The summed E-state index contributed by atoms with van der Waals surface area (Å²) in [6, 6.07) is 31.7. The number of rotatable bonds is 14. The van der Waals surface area contributed by atoms with Crippen molar-refractivity contribution in [2.45, 2.75) is 41.5 Å². The number of benzene rings is 3. The summed E-state index contributed by atoms with van der Waals surface area (Å²) in [5, 5.41) is 3.44. The molecule has 0 radical (unpaired) electrons. The fraction of sp³-hybridized carbons (Fsp3) is 0.400. The molecule has 0 bridgehead atoms. The van der Waals surface area contributed by atoms with Crippen molar-refractivity contribution in [3.8, 4) is 0 Å². The molecule has 0 N–H and O–H groups in total. The van der Waals surface area contributed by atoms with E-state index in [1.807, 2.05) is 18.2 Å². The molecule has 0 aliphatic carbocycles. The molecule has 0 aliphatic rings. The first-order valence-corrected chi connectivity index (χ1v) is 17.5. The molecule has 3 aromatic rings. The molecule has 0 saturated heterocycles.